The highest BCUT2D eigenvalue weighted by atomic mass is 35.5. The van der Waals surface area contributed by atoms with Crippen LogP contribution in [-0.2, 0) is 0 Å². The molecule has 0 aliphatic heterocycles. The molecule has 0 aromatic rings. The smallest absolute Gasteiger partial charge is 0.146 e. The number of halogens is 2. The molecule has 68 valence electrons. The van der Waals surface area contributed by atoms with Gasteiger partial charge in [0.2, 0.25) is 0 Å². The van der Waals surface area contributed by atoms with Gasteiger partial charge in [0.25, 0.3) is 0 Å². The van der Waals surface area contributed by atoms with Gasteiger partial charge < -0.3 is 11.1 Å². The number of nitrogens with one attached hydrogen (secondary N) is 1. The van der Waals surface area contributed by atoms with Crippen LogP contribution in [0, 0.1) is 0 Å². The number of hydrogen-bond acceptors (Lipinski definition) is 2. The molecule has 0 fully saturated rings. The van der Waals surface area contributed by atoms with Gasteiger partial charge >= 0.3 is 0 Å². The lowest BCUT2D eigenvalue weighted by atomic mass is 10.1. The molecule has 3 N–H and O–H groups in total. The minimum atomic E-state index is -1.01. The Morgan fingerprint density at radius 3 is 2.92 bits per heavy atom. The summed E-state index contributed by atoms with van der Waals surface area (Å²) in [5.74, 6) is 0. The summed E-state index contributed by atoms with van der Waals surface area (Å²) in [5.41, 5.74) is 5.63. The predicted molar refractivity (Wildman–Crippen MR) is 53.3 cm³/mol. The van der Waals surface area contributed by atoms with E-state index in [4.69, 9.17) is 28.9 Å². The Balaban J connectivity index is 2.69. The number of nitrogens with two attached hydrogens (primary N) is 1. The Bertz CT molecular complexity index is 221. The Morgan fingerprint density at radius 1 is 1.75 bits per heavy atom. The van der Waals surface area contributed by atoms with E-state index in [9.17, 15) is 0 Å². The van der Waals surface area contributed by atoms with Gasteiger partial charge in [0.05, 0.1) is 5.03 Å². The average molecular weight is 207 g/mol. The van der Waals surface area contributed by atoms with Gasteiger partial charge in [-0.1, -0.05) is 36.2 Å². The van der Waals surface area contributed by atoms with Crippen molar-refractivity contribution in [3.8, 4) is 0 Å². The highest BCUT2D eigenvalue weighted by Crippen LogP contribution is 2.28. The van der Waals surface area contributed by atoms with Crippen LogP contribution in [0.3, 0.4) is 0 Å². The second-order valence-corrected chi connectivity index (χ2v) is 3.76. The van der Waals surface area contributed by atoms with Crippen molar-refractivity contribution in [2.45, 2.75) is 18.0 Å². The molecule has 1 rings (SSSR count). The van der Waals surface area contributed by atoms with Crippen molar-refractivity contribution in [3.63, 3.8) is 0 Å². The Hall–Kier alpha value is -0.0200. The van der Waals surface area contributed by atoms with E-state index in [-0.39, 0.29) is 6.04 Å². The van der Waals surface area contributed by atoms with E-state index in [1.54, 1.807) is 6.08 Å². The minimum absolute atomic E-state index is 0.151. The number of hydrogen-bond donors (Lipinski definition) is 2. The molecule has 2 nitrogen and oxygen atoms in total. The van der Waals surface area contributed by atoms with Gasteiger partial charge in [0, 0.05) is 6.04 Å². The van der Waals surface area contributed by atoms with Gasteiger partial charge in [-0.3, -0.25) is 0 Å². The fraction of sp³-hybridized carbons (Fsp3) is 0.500. The molecule has 2 unspecified atom stereocenters. The molecule has 0 aromatic carbocycles. The van der Waals surface area contributed by atoms with Crippen LogP contribution in [-0.4, -0.2) is 17.6 Å². The van der Waals surface area contributed by atoms with Crippen molar-refractivity contribution in [3.05, 3.63) is 23.3 Å². The van der Waals surface area contributed by atoms with Gasteiger partial charge in [0.1, 0.15) is 5.00 Å². The molecule has 4 heteroatoms. The average Bonchev–Trinajstić information content (AvgIpc) is 1.98. The molecule has 2 atom stereocenters. The number of rotatable bonds is 2. The Morgan fingerprint density at radius 2 is 2.42 bits per heavy atom. The van der Waals surface area contributed by atoms with E-state index in [1.165, 1.54) is 0 Å². The number of alkyl halides is 1. The van der Waals surface area contributed by atoms with Gasteiger partial charge in [-0.15, -0.1) is 0 Å². The van der Waals surface area contributed by atoms with Gasteiger partial charge in [-0.25, -0.2) is 0 Å². The van der Waals surface area contributed by atoms with Crippen LogP contribution in [0.5, 0.6) is 0 Å². The summed E-state index contributed by atoms with van der Waals surface area (Å²) in [6, 6.07) is 0.151. The van der Waals surface area contributed by atoms with Crippen molar-refractivity contribution in [2.75, 3.05) is 6.54 Å². The summed E-state index contributed by atoms with van der Waals surface area (Å²) in [4.78, 5) is -1.01. The normalized spacial score (nSPS) is 35.0. The molecule has 1 aliphatic rings. The molecule has 0 spiro atoms. The third kappa shape index (κ3) is 2.23. The maximum Gasteiger partial charge on any atom is 0.146 e. The summed E-state index contributed by atoms with van der Waals surface area (Å²) < 4.78 is 0. The van der Waals surface area contributed by atoms with E-state index in [0.29, 0.717) is 5.03 Å². The molecule has 0 amide bonds. The van der Waals surface area contributed by atoms with Crippen LogP contribution in [0.2, 0.25) is 0 Å². The monoisotopic (exact) mass is 206 g/mol. The zero-order chi connectivity index (χ0) is 9.19. The second-order valence-electron chi connectivity index (χ2n) is 2.73. The van der Waals surface area contributed by atoms with Gasteiger partial charge in [-0.05, 0) is 18.7 Å². The molecule has 12 heavy (non-hydrogen) atoms. The molecule has 0 radical (unpaired) electrons. The van der Waals surface area contributed by atoms with Crippen molar-refractivity contribution in [1.82, 2.24) is 5.32 Å². The Kier molecular flexibility index (Phi) is 3.18. The van der Waals surface area contributed by atoms with Crippen molar-refractivity contribution in [1.29, 1.82) is 0 Å². The van der Waals surface area contributed by atoms with Crippen LogP contribution in [0.25, 0.3) is 0 Å². The third-order valence-corrected chi connectivity index (χ3v) is 2.54. The Labute approximate surface area is 82.4 Å². The van der Waals surface area contributed by atoms with Crippen LogP contribution in [0.4, 0.5) is 0 Å². The first-order chi connectivity index (χ1) is 5.56. The summed E-state index contributed by atoms with van der Waals surface area (Å²) >= 11 is 11.7. The SMILES string of the molecule is CCNC1C=CC(N)(Cl)C(Cl)=C1. The van der Waals surface area contributed by atoms with Crippen molar-refractivity contribution >= 4 is 23.2 Å². The lowest BCUT2D eigenvalue weighted by molar-refractivity contribution is 0.685. The molecule has 0 aromatic heterocycles. The summed E-state index contributed by atoms with van der Waals surface area (Å²) in [5, 5.41) is 3.66. The van der Waals surface area contributed by atoms with Gasteiger partial charge in [0.15, 0.2) is 0 Å². The molecule has 0 saturated heterocycles. The molecular weight excluding hydrogens is 195 g/mol. The lowest BCUT2D eigenvalue weighted by Gasteiger charge is -2.24. The number of likely N-dealkylation sites (N-methyl/N-ethyl adjacent to an activating group) is 1. The predicted octanol–water partition coefficient (Wildman–Crippen LogP) is 1.55. The van der Waals surface area contributed by atoms with E-state index in [2.05, 4.69) is 5.32 Å². The quantitative estimate of drug-likeness (QED) is 0.409. The van der Waals surface area contributed by atoms with E-state index >= 15 is 0 Å². The maximum absolute atomic E-state index is 5.85. The highest BCUT2D eigenvalue weighted by molar-refractivity contribution is 6.40. The fourth-order valence-electron chi connectivity index (χ4n) is 1.03. The zero-order valence-corrected chi connectivity index (χ0v) is 8.36. The fourth-order valence-corrected chi connectivity index (χ4v) is 1.36. The summed E-state index contributed by atoms with van der Waals surface area (Å²) in [6.45, 7) is 2.91. The van der Waals surface area contributed by atoms with Crippen LogP contribution >= 0.6 is 23.2 Å². The van der Waals surface area contributed by atoms with E-state index < -0.39 is 5.00 Å². The molecule has 0 heterocycles. The van der Waals surface area contributed by atoms with Crippen molar-refractivity contribution < 1.29 is 0 Å². The first-order valence-corrected chi connectivity index (χ1v) is 4.60. The molecule has 1 aliphatic carbocycles. The van der Waals surface area contributed by atoms with Crippen LogP contribution in [0.1, 0.15) is 6.92 Å². The van der Waals surface area contributed by atoms with Crippen LogP contribution in [0.15, 0.2) is 23.3 Å². The third-order valence-electron chi connectivity index (χ3n) is 1.68. The molecule has 0 bridgehead atoms. The maximum atomic E-state index is 5.85. The topological polar surface area (TPSA) is 38.0 Å². The second kappa shape index (κ2) is 3.79. The first-order valence-electron chi connectivity index (χ1n) is 3.84. The summed E-state index contributed by atoms with van der Waals surface area (Å²) in [7, 11) is 0. The van der Waals surface area contributed by atoms with Crippen LogP contribution < -0.4 is 11.1 Å². The molecular formula is C8H12Cl2N2. The van der Waals surface area contributed by atoms with Gasteiger partial charge in [-0.2, -0.15) is 0 Å². The molecule has 0 saturated carbocycles. The highest BCUT2D eigenvalue weighted by Gasteiger charge is 2.26. The lowest BCUT2D eigenvalue weighted by Crippen LogP contribution is -2.37. The largest absolute Gasteiger partial charge is 0.307 e. The zero-order valence-electron chi connectivity index (χ0n) is 6.85. The minimum Gasteiger partial charge on any atom is -0.307 e. The standard InChI is InChI=1S/C8H12Cl2N2/c1-2-12-6-3-4-8(10,11)7(9)5-6/h3-6,12H,2,11H2,1H3. The first kappa shape index (κ1) is 10.1. The van der Waals surface area contributed by atoms with E-state index in [0.717, 1.165) is 6.54 Å². The summed E-state index contributed by atoms with van der Waals surface area (Å²) in [6.07, 6.45) is 5.42. The van der Waals surface area contributed by atoms with E-state index in [1.807, 2.05) is 19.1 Å². The van der Waals surface area contributed by atoms with Crippen molar-refractivity contribution in [2.24, 2.45) is 5.73 Å².